The van der Waals surface area contributed by atoms with Crippen LogP contribution in [-0.4, -0.2) is 51.8 Å². The number of H-pyrrole nitrogens is 1. The first-order chi connectivity index (χ1) is 12.0. The number of likely N-dealkylation sites (tertiary alicyclic amines) is 1. The van der Waals surface area contributed by atoms with Crippen LogP contribution in [0.25, 0.3) is 11.0 Å². The van der Waals surface area contributed by atoms with Crippen molar-refractivity contribution in [3.63, 3.8) is 0 Å². The lowest BCUT2D eigenvalue weighted by molar-refractivity contribution is 0.0475. The maximum absolute atomic E-state index is 12.1. The first kappa shape index (κ1) is 16.2. The number of aromatic amines is 1. The Morgan fingerprint density at radius 2 is 2.04 bits per heavy atom. The van der Waals surface area contributed by atoms with Gasteiger partial charge in [-0.1, -0.05) is 12.1 Å². The zero-order valence-corrected chi connectivity index (χ0v) is 14.4. The highest BCUT2D eigenvalue weighted by Crippen LogP contribution is 2.50. The molecule has 2 aromatic rings. The fourth-order valence-electron chi connectivity index (χ4n) is 4.78. The molecule has 0 aliphatic carbocycles. The minimum Gasteiger partial charge on any atom is -0.465 e. The molecule has 2 fully saturated rings. The Bertz CT molecular complexity index is 863. The molecule has 0 radical (unpaired) electrons. The van der Waals surface area contributed by atoms with Crippen molar-refractivity contribution in [2.24, 2.45) is 12.5 Å². The Morgan fingerprint density at radius 3 is 2.76 bits per heavy atom. The van der Waals surface area contributed by atoms with E-state index in [-0.39, 0.29) is 17.0 Å². The number of rotatable bonds is 1. The molecule has 2 saturated heterocycles. The van der Waals surface area contributed by atoms with Crippen LogP contribution < -0.4 is 11.0 Å². The van der Waals surface area contributed by atoms with Gasteiger partial charge in [-0.3, -0.25) is 4.57 Å². The summed E-state index contributed by atoms with van der Waals surface area (Å²) in [5.41, 5.74) is 2.78. The number of aryl methyl sites for hydroxylation is 1. The molecule has 1 amide bonds. The van der Waals surface area contributed by atoms with Crippen LogP contribution >= 0.6 is 0 Å². The van der Waals surface area contributed by atoms with Crippen LogP contribution in [0.3, 0.4) is 0 Å². The molecule has 7 heteroatoms. The Hall–Kier alpha value is -2.28. The third-order valence-electron chi connectivity index (χ3n) is 6.22. The van der Waals surface area contributed by atoms with E-state index in [9.17, 15) is 14.7 Å². The summed E-state index contributed by atoms with van der Waals surface area (Å²) in [6, 6.07) is 5.94. The normalized spacial score (nSPS) is 23.2. The number of imidazole rings is 1. The van der Waals surface area contributed by atoms with Gasteiger partial charge in [-0.15, -0.1) is 0 Å². The van der Waals surface area contributed by atoms with Crippen molar-refractivity contribution < 1.29 is 9.90 Å². The van der Waals surface area contributed by atoms with E-state index in [1.54, 1.807) is 11.6 Å². The molecule has 7 nitrogen and oxygen atoms in total. The molecule has 1 atom stereocenters. The van der Waals surface area contributed by atoms with Crippen molar-refractivity contribution in [1.29, 1.82) is 0 Å². The molecule has 0 bridgehead atoms. The van der Waals surface area contributed by atoms with Gasteiger partial charge in [0, 0.05) is 26.1 Å². The van der Waals surface area contributed by atoms with Crippen LogP contribution in [0.4, 0.5) is 4.79 Å². The van der Waals surface area contributed by atoms with Gasteiger partial charge in [0.1, 0.15) is 0 Å². The van der Waals surface area contributed by atoms with E-state index < -0.39 is 6.09 Å². The Kier molecular flexibility index (Phi) is 3.83. The number of nitrogens with one attached hydrogen (secondary N) is 2. The highest BCUT2D eigenvalue weighted by Gasteiger charge is 2.46. The van der Waals surface area contributed by atoms with Crippen LogP contribution in [-0.2, 0) is 7.05 Å². The number of piperidine rings is 2. The van der Waals surface area contributed by atoms with E-state index in [0.717, 1.165) is 48.9 Å². The quantitative estimate of drug-likeness (QED) is 0.734. The van der Waals surface area contributed by atoms with E-state index >= 15 is 0 Å². The van der Waals surface area contributed by atoms with Crippen molar-refractivity contribution in [2.45, 2.75) is 25.2 Å². The van der Waals surface area contributed by atoms with E-state index in [1.165, 1.54) is 4.90 Å². The topological polar surface area (TPSA) is 90.4 Å². The summed E-state index contributed by atoms with van der Waals surface area (Å²) >= 11 is 0. The number of aromatic nitrogens is 2. The van der Waals surface area contributed by atoms with Gasteiger partial charge in [0.05, 0.1) is 11.0 Å². The molecule has 1 unspecified atom stereocenters. The van der Waals surface area contributed by atoms with Crippen molar-refractivity contribution in [3.8, 4) is 0 Å². The summed E-state index contributed by atoms with van der Waals surface area (Å²) in [4.78, 5) is 28.1. The monoisotopic (exact) mass is 344 g/mol. The van der Waals surface area contributed by atoms with Crippen LogP contribution in [0.2, 0.25) is 0 Å². The lowest BCUT2D eigenvalue weighted by Gasteiger charge is -2.50. The number of hydrogen-bond acceptors (Lipinski definition) is 3. The average Bonchev–Trinajstić information content (AvgIpc) is 2.90. The number of carboxylic acid groups (broad SMARTS) is 1. The summed E-state index contributed by atoms with van der Waals surface area (Å²) in [6.07, 6.45) is 2.10. The van der Waals surface area contributed by atoms with Gasteiger partial charge in [-0.25, -0.2) is 9.59 Å². The smallest absolute Gasteiger partial charge is 0.407 e. The third-order valence-corrected chi connectivity index (χ3v) is 6.22. The summed E-state index contributed by atoms with van der Waals surface area (Å²) in [5.74, 6) is 0.101. The van der Waals surface area contributed by atoms with Gasteiger partial charge < -0.3 is 20.3 Å². The Morgan fingerprint density at radius 1 is 1.28 bits per heavy atom. The average molecular weight is 344 g/mol. The maximum Gasteiger partial charge on any atom is 0.407 e. The van der Waals surface area contributed by atoms with Gasteiger partial charge in [0.25, 0.3) is 0 Å². The van der Waals surface area contributed by atoms with Gasteiger partial charge in [0.15, 0.2) is 0 Å². The van der Waals surface area contributed by atoms with Crippen molar-refractivity contribution in [2.75, 3.05) is 26.2 Å². The second-order valence-electron chi connectivity index (χ2n) is 7.38. The molecule has 3 heterocycles. The van der Waals surface area contributed by atoms with Crippen LogP contribution in [0.5, 0.6) is 0 Å². The van der Waals surface area contributed by atoms with Crippen LogP contribution in [0.15, 0.2) is 23.0 Å². The van der Waals surface area contributed by atoms with Crippen LogP contribution in [0.1, 0.15) is 30.7 Å². The molecule has 25 heavy (non-hydrogen) atoms. The minimum absolute atomic E-state index is 0.0960. The molecule has 0 saturated carbocycles. The Labute approximate surface area is 145 Å². The highest BCUT2D eigenvalue weighted by atomic mass is 16.4. The molecule has 3 N–H and O–H groups in total. The van der Waals surface area contributed by atoms with Crippen molar-refractivity contribution in [3.05, 3.63) is 34.2 Å². The van der Waals surface area contributed by atoms with Gasteiger partial charge in [-0.2, -0.15) is 0 Å². The zero-order chi connectivity index (χ0) is 17.6. The minimum atomic E-state index is -0.857. The summed E-state index contributed by atoms with van der Waals surface area (Å²) in [7, 11) is 1.78. The van der Waals surface area contributed by atoms with Gasteiger partial charge >= 0.3 is 11.8 Å². The maximum atomic E-state index is 12.1. The summed E-state index contributed by atoms with van der Waals surface area (Å²) in [6.45, 7) is 3.01. The molecule has 134 valence electrons. The number of para-hydroxylation sites is 1. The molecule has 1 spiro atoms. The van der Waals surface area contributed by atoms with E-state index in [4.69, 9.17) is 0 Å². The third kappa shape index (κ3) is 2.54. The number of fused-ring (bicyclic) bond motifs is 1. The SMILES string of the molecule is Cn1c(=O)[nH]c2cccc(C3CN(C(=O)O)CCC34CCNCC4)c21. The molecular weight excluding hydrogens is 320 g/mol. The predicted molar refractivity (Wildman–Crippen MR) is 95.0 cm³/mol. The lowest BCUT2D eigenvalue weighted by Crippen LogP contribution is -2.51. The number of benzene rings is 1. The summed E-state index contributed by atoms with van der Waals surface area (Å²) < 4.78 is 1.65. The number of amides is 1. The van der Waals surface area contributed by atoms with E-state index in [2.05, 4.69) is 16.4 Å². The fourth-order valence-corrected chi connectivity index (χ4v) is 4.78. The van der Waals surface area contributed by atoms with Gasteiger partial charge in [-0.05, 0) is 49.4 Å². The molecule has 2 aliphatic heterocycles. The van der Waals surface area contributed by atoms with E-state index in [0.29, 0.717) is 13.1 Å². The predicted octanol–water partition coefficient (Wildman–Crippen LogP) is 1.70. The summed E-state index contributed by atoms with van der Waals surface area (Å²) in [5, 5.41) is 12.9. The lowest BCUT2D eigenvalue weighted by atomic mass is 9.62. The largest absolute Gasteiger partial charge is 0.465 e. The zero-order valence-electron chi connectivity index (χ0n) is 14.4. The number of hydrogen-bond donors (Lipinski definition) is 3. The molecule has 1 aromatic carbocycles. The molecular formula is C18H24N4O3. The standard InChI is InChI=1S/C18H24N4O3/c1-21-15-12(3-2-4-14(15)20-16(21)23)13-11-22(17(24)25)10-7-18(13)5-8-19-9-6-18/h2-4,13,19H,5-11H2,1H3,(H,20,23)(H,24,25). The fraction of sp³-hybridized carbons (Fsp3) is 0.556. The number of nitrogens with zero attached hydrogens (tertiary/aromatic N) is 2. The first-order valence-electron chi connectivity index (χ1n) is 8.88. The first-order valence-corrected chi connectivity index (χ1v) is 8.88. The number of carbonyl (C=O) groups is 1. The molecule has 1 aromatic heterocycles. The molecule has 4 rings (SSSR count). The second-order valence-corrected chi connectivity index (χ2v) is 7.38. The Balaban J connectivity index is 1.86. The van der Waals surface area contributed by atoms with Crippen molar-refractivity contribution in [1.82, 2.24) is 19.8 Å². The second kappa shape index (κ2) is 5.91. The molecule has 2 aliphatic rings. The highest BCUT2D eigenvalue weighted by molar-refractivity contribution is 5.80. The van der Waals surface area contributed by atoms with Gasteiger partial charge in [0.2, 0.25) is 0 Å². The van der Waals surface area contributed by atoms with Crippen molar-refractivity contribution >= 4 is 17.1 Å². The van der Waals surface area contributed by atoms with E-state index in [1.807, 2.05) is 12.1 Å². The van der Waals surface area contributed by atoms with Crippen LogP contribution in [0, 0.1) is 5.41 Å².